The summed E-state index contributed by atoms with van der Waals surface area (Å²) in [6.45, 7) is 5.74. The predicted molar refractivity (Wildman–Crippen MR) is 141 cm³/mol. The molecule has 4 rings (SSSR count). The fourth-order valence-electron chi connectivity index (χ4n) is 4.24. The van der Waals surface area contributed by atoms with Crippen LogP contribution in [-0.2, 0) is 23.5 Å². The quantitative estimate of drug-likeness (QED) is 0.289. The third-order valence-electron chi connectivity index (χ3n) is 6.02. The number of rotatable bonds is 10. The number of aromatic nitrogens is 4. The molecule has 11 heteroatoms. The van der Waals surface area contributed by atoms with Gasteiger partial charge in [-0.15, -0.1) is 0 Å². The summed E-state index contributed by atoms with van der Waals surface area (Å²) in [5.41, 5.74) is 2.05. The number of H-pyrrole nitrogens is 1. The normalized spacial score (nSPS) is 13.5. The Balaban J connectivity index is 1.76. The van der Waals surface area contributed by atoms with Crippen LogP contribution < -0.4 is 15.0 Å². The highest BCUT2D eigenvalue weighted by atomic mass is 32.2. The van der Waals surface area contributed by atoms with Crippen LogP contribution in [0.25, 0.3) is 22.4 Å². The minimum atomic E-state index is -4.04. The van der Waals surface area contributed by atoms with Gasteiger partial charge in [-0.3, -0.25) is 9.48 Å². The largest absolute Gasteiger partial charge is 0.493 e. The first-order valence-electron chi connectivity index (χ1n) is 12.1. The maximum atomic E-state index is 13.3. The molecule has 3 N–H and O–H groups in total. The lowest BCUT2D eigenvalue weighted by molar-refractivity contribution is 0.146. The van der Waals surface area contributed by atoms with Crippen LogP contribution in [-0.4, -0.2) is 45.9 Å². The van der Waals surface area contributed by atoms with Gasteiger partial charge >= 0.3 is 0 Å². The highest BCUT2D eigenvalue weighted by Crippen LogP contribution is 2.31. The minimum Gasteiger partial charge on any atom is -0.493 e. The van der Waals surface area contributed by atoms with E-state index in [9.17, 15) is 18.3 Å². The molecule has 0 fully saturated rings. The summed E-state index contributed by atoms with van der Waals surface area (Å²) >= 11 is 0. The number of hydrogen-bond acceptors (Lipinski definition) is 7. The maximum Gasteiger partial charge on any atom is 0.277 e. The molecule has 2 aromatic heterocycles. The Bertz CT molecular complexity index is 1560. The summed E-state index contributed by atoms with van der Waals surface area (Å²) < 4.78 is 36.4. The molecule has 0 saturated carbocycles. The smallest absolute Gasteiger partial charge is 0.277 e. The van der Waals surface area contributed by atoms with Crippen molar-refractivity contribution >= 4 is 21.1 Å². The van der Waals surface area contributed by atoms with Crippen LogP contribution in [0.3, 0.4) is 0 Å². The molecule has 0 aliphatic heterocycles. The molecule has 0 aliphatic carbocycles. The van der Waals surface area contributed by atoms with Crippen LogP contribution in [0.2, 0.25) is 0 Å². The summed E-state index contributed by atoms with van der Waals surface area (Å²) in [6.07, 6.45) is 0.430. The fourth-order valence-corrected chi connectivity index (χ4v) is 5.51. The molecule has 0 aliphatic rings. The predicted octanol–water partition coefficient (Wildman–Crippen LogP) is 3.08. The van der Waals surface area contributed by atoms with Gasteiger partial charge in [0.25, 0.3) is 5.56 Å². The van der Waals surface area contributed by atoms with Gasteiger partial charge in [0, 0.05) is 13.1 Å². The molecule has 37 heavy (non-hydrogen) atoms. The molecular weight excluding hydrogens is 494 g/mol. The first kappa shape index (κ1) is 26.5. The second-order valence-electron chi connectivity index (χ2n) is 8.79. The van der Waals surface area contributed by atoms with Crippen LogP contribution >= 0.6 is 0 Å². The standard InChI is InChI=1S/C26H31N5O5S/c1-5-10-20-22-23(31(4)29-20)26(33)28-25(27-22)19-15-18(13-14-21(19)36-6-2)37(34,35)30-16(3)24(32)17-11-8-7-9-12-17/h7-9,11-16,24,30,32H,5-6,10H2,1-4H3,(H,27,28,33)/t16-,24+/m1/s1. The molecular formula is C26H31N5O5S. The van der Waals surface area contributed by atoms with E-state index < -0.39 is 22.2 Å². The molecule has 196 valence electrons. The number of fused-ring (bicyclic) bond motifs is 1. The van der Waals surface area contributed by atoms with Crippen LogP contribution in [0.5, 0.6) is 5.75 Å². The average molecular weight is 526 g/mol. The van der Waals surface area contributed by atoms with Gasteiger partial charge in [-0.2, -0.15) is 5.10 Å². The number of sulfonamides is 1. The monoisotopic (exact) mass is 525 g/mol. The van der Waals surface area contributed by atoms with Crippen molar-refractivity contribution in [1.82, 2.24) is 24.5 Å². The maximum absolute atomic E-state index is 13.3. The molecule has 0 unspecified atom stereocenters. The van der Waals surface area contributed by atoms with E-state index in [0.717, 1.165) is 6.42 Å². The number of nitrogens with zero attached hydrogens (tertiary/aromatic N) is 3. The summed E-state index contributed by atoms with van der Waals surface area (Å²) in [6, 6.07) is 12.4. The van der Waals surface area contributed by atoms with Gasteiger partial charge in [-0.05, 0) is 44.0 Å². The zero-order chi connectivity index (χ0) is 26.7. The van der Waals surface area contributed by atoms with Gasteiger partial charge in [-0.1, -0.05) is 43.7 Å². The van der Waals surface area contributed by atoms with E-state index in [1.54, 1.807) is 38.2 Å². The molecule has 0 radical (unpaired) electrons. The van der Waals surface area contributed by atoms with Crippen LogP contribution in [0.4, 0.5) is 0 Å². The SMILES string of the molecule is CCCc1nn(C)c2c(=O)[nH]c(-c3cc(S(=O)(=O)N[C@H](C)[C@H](O)c4ccccc4)ccc3OCC)nc12. The second-order valence-corrected chi connectivity index (χ2v) is 10.5. The summed E-state index contributed by atoms with van der Waals surface area (Å²) in [4.78, 5) is 20.3. The van der Waals surface area contributed by atoms with E-state index in [1.165, 1.54) is 22.9 Å². The first-order valence-corrected chi connectivity index (χ1v) is 13.6. The molecule has 0 saturated heterocycles. The van der Waals surface area contributed by atoms with Crippen molar-refractivity contribution in [2.75, 3.05) is 6.61 Å². The van der Waals surface area contributed by atoms with Gasteiger partial charge in [0.15, 0.2) is 5.52 Å². The number of benzene rings is 2. The molecule has 0 amide bonds. The van der Waals surface area contributed by atoms with Crippen molar-refractivity contribution in [3.63, 3.8) is 0 Å². The third-order valence-corrected chi connectivity index (χ3v) is 7.58. The Morgan fingerprint density at radius 2 is 1.89 bits per heavy atom. The van der Waals surface area contributed by atoms with Crippen LogP contribution in [0, 0.1) is 0 Å². The zero-order valence-electron chi connectivity index (χ0n) is 21.2. The molecule has 2 atom stereocenters. The number of aliphatic hydroxyl groups excluding tert-OH is 1. The van der Waals surface area contributed by atoms with Crippen molar-refractivity contribution in [1.29, 1.82) is 0 Å². The van der Waals surface area contributed by atoms with Crippen molar-refractivity contribution in [2.24, 2.45) is 7.05 Å². The number of hydrogen-bond donors (Lipinski definition) is 3. The molecule has 4 aromatic rings. The Morgan fingerprint density at radius 1 is 1.16 bits per heavy atom. The summed E-state index contributed by atoms with van der Waals surface area (Å²) in [5, 5.41) is 15.1. The van der Waals surface area contributed by atoms with Crippen molar-refractivity contribution in [2.45, 2.75) is 50.7 Å². The highest BCUT2D eigenvalue weighted by Gasteiger charge is 2.25. The van der Waals surface area contributed by atoms with Gasteiger partial charge in [0.1, 0.15) is 17.1 Å². The van der Waals surface area contributed by atoms with Gasteiger partial charge in [0.05, 0.1) is 28.9 Å². The van der Waals surface area contributed by atoms with E-state index in [-0.39, 0.29) is 16.3 Å². The lowest BCUT2D eigenvalue weighted by Gasteiger charge is -2.21. The van der Waals surface area contributed by atoms with Crippen molar-refractivity contribution in [3.8, 4) is 17.1 Å². The van der Waals surface area contributed by atoms with Gasteiger partial charge in [0.2, 0.25) is 10.0 Å². The fraction of sp³-hybridized carbons (Fsp3) is 0.346. The third kappa shape index (κ3) is 5.43. The molecule has 10 nitrogen and oxygen atoms in total. The number of aliphatic hydroxyl groups is 1. The van der Waals surface area contributed by atoms with Crippen LogP contribution in [0.15, 0.2) is 58.2 Å². The number of aromatic amines is 1. The second kappa shape index (κ2) is 10.8. The average Bonchev–Trinajstić information content (AvgIpc) is 3.19. The van der Waals surface area contributed by atoms with E-state index in [4.69, 9.17) is 4.74 Å². The Labute approximate surface area is 215 Å². The highest BCUT2D eigenvalue weighted by molar-refractivity contribution is 7.89. The van der Waals surface area contributed by atoms with E-state index in [1.807, 2.05) is 19.9 Å². The lowest BCUT2D eigenvalue weighted by Crippen LogP contribution is -2.37. The van der Waals surface area contributed by atoms with Gasteiger partial charge < -0.3 is 14.8 Å². The van der Waals surface area contributed by atoms with Crippen LogP contribution in [0.1, 0.15) is 44.6 Å². The Morgan fingerprint density at radius 3 is 2.57 bits per heavy atom. The van der Waals surface area contributed by atoms with E-state index in [2.05, 4.69) is 19.8 Å². The molecule has 2 aromatic carbocycles. The first-order chi connectivity index (χ1) is 17.7. The minimum absolute atomic E-state index is 0.0548. The zero-order valence-corrected chi connectivity index (χ0v) is 22.0. The number of ether oxygens (including phenoxy) is 1. The lowest BCUT2D eigenvalue weighted by atomic mass is 10.0. The Kier molecular flexibility index (Phi) is 7.76. The molecule has 0 spiro atoms. The number of nitrogens with one attached hydrogen (secondary N) is 2. The van der Waals surface area contributed by atoms with E-state index >= 15 is 0 Å². The van der Waals surface area contributed by atoms with Gasteiger partial charge in [-0.25, -0.2) is 18.1 Å². The van der Waals surface area contributed by atoms with Crippen molar-refractivity contribution < 1.29 is 18.3 Å². The topological polar surface area (TPSA) is 139 Å². The summed E-state index contributed by atoms with van der Waals surface area (Å²) in [7, 11) is -2.35. The van der Waals surface area contributed by atoms with Crippen molar-refractivity contribution in [3.05, 3.63) is 70.1 Å². The number of aryl methyl sites for hydroxylation is 2. The molecule has 0 bridgehead atoms. The van der Waals surface area contributed by atoms with E-state index in [0.29, 0.717) is 46.6 Å². The Hall–Kier alpha value is -3.54. The summed E-state index contributed by atoms with van der Waals surface area (Å²) in [5.74, 6) is 0.558. The molecule has 2 heterocycles.